The van der Waals surface area contributed by atoms with Gasteiger partial charge in [0.1, 0.15) is 0 Å². The molecule has 0 aromatic rings. The van der Waals surface area contributed by atoms with Crippen LogP contribution in [-0.2, 0) is 4.79 Å². The summed E-state index contributed by atoms with van der Waals surface area (Å²) in [5.74, 6) is -0.330. The van der Waals surface area contributed by atoms with Gasteiger partial charge in [0.2, 0.25) is 0 Å². The number of hydrogen-bond donors (Lipinski definition) is 3. The van der Waals surface area contributed by atoms with Crippen LogP contribution in [0.15, 0.2) is 0 Å². The zero-order chi connectivity index (χ0) is 14.8. The second kappa shape index (κ2) is 10.2. The van der Waals surface area contributed by atoms with Crippen LogP contribution in [0.5, 0.6) is 0 Å². The van der Waals surface area contributed by atoms with Crippen LogP contribution >= 0.6 is 0 Å². The third-order valence-electron chi connectivity index (χ3n) is 3.68. The van der Waals surface area contributed by atoms with Crippen LogP contribution in [0.2, 0.25) is 6.32 Å². The number of hydrogen-bond acceptors (Lipinski definition) is 4. The molecular weight excluding hydrogens is 245 g/mol. The molecule has 6 heteroatoms. The summed E-state index contributed by atoms with van der Waals surface area (Å²) < 4.78 is 0. The minimum atomic E-state index is -1.12. The molecule has 1 rings (SSSR count). The molecule has 0 spiro atoms. The van der Waals surface area contributed by atoms with Gasteiger partial charge in [-0.15, -0.1) is 0 Å². The van der Waals surface area contributed by atoms with Crippen molar-refractivity contribution in [1.82, 2.24) is 4.90 Å². The zero-order valence-electron chi connectivity index (χ0n) is 12.4. The van der Waals surface area contributed by atoms with Crippen molar-refractivity contribution in [2.24, 2.45) is 11.8 Å². The first-order valence-electron chi connectivity index (χ1n) is 7.19. The largest absolute Gasteiger partial charge is 0.481 e. The molecule has 0 heterocycles. The summed E-state index contributed by atoms with van der Waals surface area (Å²) in [4.78, 5) is 13.2. The standard InChI is InChI=1S/C11H21NO2.C2H7BO2/c1-3-12(2)8-9-6-4-5-7-10(9)11(13)14;1-2-3(4)5/h9-10H,3-8H2,1-2H3,(H,13,14);4-5H,2H2,1H3. The molecule has 2 unspecified atom stereocenters. The molecule has 5 nitrogen and oxygen atoms in total. The molecule has 1 fully saturated rings. The van der Waals surface area contributed by atoms with E-state index < -0.39 is 13.1 Å². The zero-order valence-corrected chi connectivity index (χ0v) is 12.4. The first kappa shape index (κ1) is 18.4. The molecule has 0 aromatic heterocycles. The fourth-order valence-corrected chi connectivity index (χ4v) is 2.28. The number of aliphatic carboxylic acids is 1. The van der Waals surface area contributed by atoms with E-state index in [1.807, 2.05) is 0 Å². The third kappa shape index (κ3) is 8.24. The van der Waals surface area contributed by atoms with Gasteiger partial charge in [0.15, 0.2) is 0 Å². The minimum Gasteiger partial charge on any atom is -0.481 e. The fraction of sp³-hybridized carbons (Fsp3) is 0.923. The Kier molecular flexibility index (Phi) is 9.92. The van der Waals surface area contributed by atoms with Gasteiger partial charge in [-0.25, -0.2) is 0 Å². The van der Waals surface area contributed by atoms with E-state index in [1.165, 1.54) is 6.42 Å². The molecule has 1 saturated carbocycles. The predicted octanol–water partition coefficient (Wildman–Crippen LogP) is 1.31. The summed E-state index contributed by atoms with van der Waals surface area (Å²) in [5, 5.41) is 24.9. The molecule has 0 amide bonds. The van der Waals surface area contributed by atoms with E-state index in [0.717, 1.165) is 32.4 Å². The molecule has 3 N–H and O–H groups in total. The maximum atomic E-state index is 11.0. The van der Waals surface area contributed by atoms with E-state index in [1.54, 1.807) is 6.92 Å². The van der Waals surface area contributed by atoms with Crippen LogP contribution in [0.4, 0.5) is 0 Å². The summed E-state index contributed by atoms with van der Waals surface area (Å²) in [6, 6.07) is 0. The molecule has 0 aliphatic heterocycles. The van der Waals surface area contributed by atoms with Crippen LogP contribution in [0.1, 0.15) is 39.5 Å². The normalized spacial score (nSPS) is 22.6. The Morgan fingerprint density at radius 2 is 1.79 bits per heavy atom. The molecule has 0 radical (unpaired) electrons. The Hall–Kier alpha value is -0.585. The average Bonchev–Trinajstić information content (AvgIpc) is 2.39. The Morgan fingerprint density at radius 3 is 2.21 bits per heavy atom. The lowest BCUT2D eigenvalue weighted by Gasteiger charge is -2.31. The quantitative estimate of drug-likeness (QED) is 0.658. The van der Waals surface area contributed by atoms with Crippen LogP contribution in [0, 0.1) is 11.8 Å². The molecule has 2 atom stereocenters. The summed E-state index contributed by atoms with van der Waals surface area (Å²) in [7, 11) is 0.947. The van der Waals surface area contributed by atoms with Gasteiger partial charge in [-0.2, -0.15) is 0 Å². The molecular formula is C13H28BNO4. The third-order valence-corrected chi connectivity index (χ3v) is 3.68. The number of carboxylic acids is 1. The lowest BCUT2D eigenvalue weighted by atomic mass is 9.79. The van der Waals surface area contributed by atoms with Crippen molar-refractivity contribution < 1.29 is 19.9 Å². The van der Waals surface area contributed by atoms with E-state index in [0.29, 0.717) is 12.2 Å². The highest BCUT2D eigenvalue weighted by Crippen LogP contribution is 2.30. The maximum absolute atomic E-state index is 11.0. The first-order valence-corrected chi connectivity index (χ1v) is 7.19. The van der Waals surface area contributed by atoms with E-state index in [2.05, 4.69) is 18.9 Å². The second-order valence-corrected chi connectivity index (χ2v) is 5.23. The van der Waals surface area contributed by atoms with Gasteiger partial charge in [0, 0.05) is 6.54 Å². The van der Waals surface area contributed by atoms with Crippen LogP contribution in [-0.4, -0.2) is 53.3 Å². The lowest BCUT2D eigenvalue weighted by molar-refractivity contribution is -0.145. The summed E-state index contributed by atoms with van der Waals surface area (Å²) >= 11 is 0. The summed E-state index contributed by atoms with van der Waals surface area (Å²) in [6.45, 7) is 5.75. The average molecular weight is 273 g/mol. The Balaban J connectivity index is 0.000000555. The van der Waals surface area contributed by atoms with Gasteiger partial charge >= 0.3 is 13.1 Å². The SMILES string of the molecule is CCB(O)O.CCN(C)CC1CCCCC1C(=O)O. The monoisotopic (exact) mass is 273 g/mol. The Morgan fingerprint density at radius 1 is 1.26 bits per heavy atom. The van der Waals surface area contributed by atoms with Gasteiger partial charge in [-0.05, 0) is 38.7 Å². The van der Waals surface area contributed by atoms with Crippen LogP contribution in [0.25, 0.3) is 0 Å². The number of carbonyl (C=O) groups is 1. The lowest BCUT2D eigenvalue weighted by Crippen LogP contribution is -2.35. The van der Waals surface area contributed by atoms with E-state index >= 15 is 0 Å². The van der Waals surface area contributed by atoms with Gasteiger partial charge < -0.3 is 20.1 Å². The van der Waals surface area contributed by atoms with Crippen LogP contribution < -0.4 is 0 Å². The van der Waals surface area contributed by atoms with Crippen molar-refractivity contribution in [1.29, 1.82) is 0 Å². The molecule has 19 heavy (non-hydrogen) atoms. The molecule has 112 valence electrons. The molecule has 1 aliphatic carbocycles. The number of carboxylic acid groups (broad SMARTS) is 1. The summed E-state index contributed by atoms with van der Waals surface area (Å²) in [5.41, 5.74) is 0. The van der Waals surface area contributed by atoms with Crippen molar-refractivity contribution >= 4 is 13.1 Å². The molecule has 0 saturated heterocycles. The van der Waals surface area contributed by atoms with Gasteiger partial charge in [0.05, 0.1) is 5.92 Å². The van der Waals surface area contributed by atoms with Crippen molar-refractivity contribution in [2.75, 3.05) is 20.1 Å². The summed E-state index contributed by atoms with van der Waals surface area (Å²) in [6.07, 6.45) is 4.66. The van der Waals surface area contributed by atoms with Crippen molar-refractivity contribution in [3.05, 3.63) is 0 Å². The van der Waals surface area contributed by atoms with Gasteiger partial charge in [-0.3, -0.25) is 4.79 Å². The van der Waals surface area contributed by atoms with E-state index in [-0.39, 0.29) is 5.92 Å². The minimum absolute atomic E-state index is 0.0993. The van der Waals surface area contributed by atoms with E-state index in [4.69, 9.17) is 15.2 Å². The van der Waals surface area contributed by atoms with Crippen molar-refractivity contribution in [3.63, 3.8) is 0 Å². The first-order chi connectivity index (χ1) is 8.92. The Bertz CT molecular complexity index is 251. The molecule has 0 bridgehead atoms. The maximum Gasteiger partial charge on any atom is 0.451 e. The highest BCUT2D eigenvalue weighted by Gasteiger charge is 2.30. The molecule has 1 aliphatic rings. The topological polar surface area (TPSA) is 81.0 Å². The highest BCUT2D eigenvalue weighted by atomic mass is 16.4. The number of rotatable bonds is 5. The fourth-order valence-electron chi connectivity index (χ4n) is 2.28. The Labute approximate surface area is 116 Å². The highest BCUT2D eigenvalue weighted by molar-refractivity contribution is 6.40. The molecule has 0 aromatic carbocycles. The number of nitrogens with zero attached hydrogens (tertiary/aromatic N) is 1. The van der Waals surface area contributed by atoms with E-state index in [9.17, 15) is 4.79 Å². The van der Waals surface area contributed by atoms with Gasteiger partial charge in [0.25, 0.3) is 0 Å². The predicted molar refractivity (Wildman–Crippen MR) is 76.9 cm³/mol. The second-order valence-electron chi connectivity index (χ2n) is 5.23. The van der Waals surface area contributed by atoms with Crippen molar-refractivity contribution in [2.45, 2.75) is 45.9 Å². The smallest absolute Gasteiger partial charge is 0.451 e. The van der Waals surface area contributed by atoms with Crippen LogP contribution in [0.3, 0.4) is 0 Å². The van der Waals surface area contributed by atoms with Gasteiger partial charge in [-0.1, -0.05) is 26.7 Å². The van der Waals surface area contributed by atoms with Crippen molar-refractivity contribution in [3.8, 4) is 0 Å².